The van der Waals surface area contributed by atoms with Crippen LogP contribution in [0.4, 0.5) is 0 Å². The van der Waals surface area contributed by atoms with Gasteiger partial charge in [-0.05, 0) is 28.9 Å². The number of rotatable bonds is 5. The Kier molecular flexibility index (Phi) is 4.79. The third-order valence-corrected chi connectivity index (χ3v) is 2.48. The van der Waals surface area contributed by atoms with Crippen LogP contribution in [0.2, 0.25) is 0 Å². The predicted octanol–water partition coefficient (Wildman–Crippen LogP) is 1.58. The highest BCUT2D eigenvalue weighted by atomic mass is 79.9. The fourth-order valence-corrected chi connectivity index (χ4v) is 1.56. The van der Waals surface area contributed by atoms with Crippen LogP contribution < -0.4 is 15.2 Å². The molecule has 1 aromatic carbocycles. The van der Waals surface area contributed by atoms with Crippen molar-refractivity contribution in [3.05, 3.63) is 22.2 Å². The van der Waals surface area contributed by atoms with Crippen LogP contribution in [0.15, 0.2) is 16.6 Å². The number of halogens is 1. The van der Waals surface area contributed by atoms with Crippen LogP contribution in [0.25, 0.3) is 0 Å². The molecule has 5 nitrogen and oxygen atoms in total. The number of carbonyl (C=O) groups is 1. The average Bonchev–Trinajstić information content (AvgIpc) is 2.29. The Bertz CT molecular complexity index is 469. The summed E-state index contributed by atoms with van der Waals surface area (Å²) in [6, 6.07) is 5.13. The topological polar surface area (TPSA) is 85.3 Å². The number of nitrogens with two attached hydrogens (primary N) is 1. The summed E-state index contributed by atoms with van der Waals surface area (Å²) >= 11 is 3.23. The van der Waals surface area contributed by atoms with Crippen LogP contribution in [-0.4, -0.2) is 19.1 Å². The molecule has 0 spiro atoms. The molecule has 90 valence electrons. The number of nitrogens with zero attached hydrogens (tertiary/aromatic N) is 1. The molecule has 1 aromatic rings. The first-order valence-electron chi connectivity index (χ1n) is 4.86. The van der Waals surface area contributed by atoms with Crippen molar-refractivity contribution in [1.29, 1.82) is 5.26 Å². The van der Waals surface area contributed by atoms with Gasteiger partial charge in [-0.1, -0.05) is 0 Å². The van der Waals surface area contributed by atoms with Gasteiger partial charge in [-0.15, -0.1) is 0 Å². The minimum Gasteiger partial charge on any atom is -0.490 e. The van der Waals surface area contributed by atoms with E-state index in [-0.39, 0.29) is 6.61 Å². The second-order valence-electron chi connectivity index (χ2n) is 3.08. The summed E-state index contributed by atoms with van der Waals surface area (Å²) in [5.74, 6) is 0.206. The van der Waals surface area contributed by atoms with Crippen LogP contribution in [0.3, 0.4) is 0 Å². The van der Waals surface area contributed by atoms with Gasteiger partial charge in [0.05, 0.1) is 12.2 Å². The number of hydrogen-bond donors (Lipinski definition) is 1. The Morgan fingerprint density at radius 2 is 2.12 bits per heavy atom. The molecule has 17 heavy (non-hydrogen) atoms. The largest absolute Gasteiger partial charge is 0.490 e. The summed E-state index contributed by atoms with van der Waals surface area (Å²) in [6.45, 7) is 2.00. The molecule has 0 aliphatic carbocycles. The highest BCUT2D eigenvalue weighted by molar-refractivity contribution is 9.10. The zero-order valence-electron chi connectivity index (χ0n) is 9.20. The van der Waals surface area contributed by atoms with E-state index < -0.39 is 5.91 Å². The quantitative estimate of drug-likeness (QED) is 0.894. The average molecular weight is 299 g/mol. The maximum atomic E-state index is 10.6. The molecule has 2 N–H and O–H groups in total. The van der Waals surface area contributed by atoms with Gasteiger partial charge in [0.2, 0.25) is 0 Å². The SMILES string of the molecule is CCOc1cc(C#N)c(Br)cc1OCC(N)=O. The van der Waals surface area contributed by atoms with Crippen LogP contribution in [-0.2, 0) is 4.79 Å². The summed E-state index contributed by atoms with van der Waals surface area (Å²) < 4.78 is 11.1. The van der Waals surface area contributed by atoms with Crippen LogP contribution in [0, 0.1) is 11.3 Å². The Morgan fingerprint density at radius 1 is 1.47 bits per heavy atom. The Hall–Kier alpha value is -1.74. The molecule has 0 radical (unpaired) electrons. The Balaban J connectivity index is 3.05. The van der Waals surface area contributed by atoms with Crippen LogP contribution >= 0.6 is 15.9 Å². The van der Waals surface area contributed by atoms with E-state index >= 15 is 0 Å². The molecule has 1 amide bonds. The molecule has 6 heteroatoms. The van der Waals surface area contributed by atoms with Gasteiger partial charge in [0.25, 0.3) is 5.91 Å². The highest BCUT2D eigenvalue weighted by Gasteiger charge is 2.11. The third kappa shape index (κ3) is 3.64. The molecule has 0 saturated heterocycles. The maximum Gasteiger partial charge on any atom is 0.255 e. The van der Waals surface area contributed by atoms with E-state index in [1.807, 2.05) is 13.0 Å². The fourth-order valence-electron chi connectivity index (χ4n) is 1.15. The minimum absolute atomic E-state index is 0.238. The van der Waals surface area contributed by atoms with Gasteiger partial charge < -0.3 is 15.2 Å². The molecular formula is C11H11BrN2O3. The molecule has 0 aliphatic heterocycles. The number of ether oxygens (including phenoxy) is 2. The van der Waals surface area contributed by atoms with E-state index in [1.54, 1.807) is 12.1 Å². The number of carbonyl (C=O) groups excluding carboxylic acids is 1. The number of benzene rings is 1. The van der Waals surface area contributed by atoms with E-state index in [9.17, 15) is 4.79 Å². The molecule has 0 aromatic heterocycles. The molecule has 0 fully saturated rings. The van der Waals surface area contributed by atoms with Crippen molar-refractivity contribution in [3.63, 3.8) is 0 Å². The maximum absolute atomic E-state index is 10.6. The van der Waals surface area contributed by atoms with E-state index in [0.717, 1.165) is 0 Å². The number of hydrogen-bond acceptors (Lipinski definition) is 4. The first-order chi connectivity index (χ1) is 8.08. The van der Waals surface area contributed by atoms with E-state index in [1.165, 1.54) is 0 Å². The smallest absolute Gasteiger partial charge is 0.255 e. The molecule has 0 bridgehead atoms. The summed E-state index contributed by atoms with van der Waals surface area (Å²) in [6.07, 6.45) is 0. The molecular weight excluding hydrogens is 288 g/mol. The van der Waals surface area contributed by atoms with Gasteiger partial charge >= 0.3 is 0 Å². The number of primary amides is 1. The summed E-state index contributed by atoms with van der Waals surface area (Å²) in [5, 5.41) is 8.87. The zero-order chi connectivity index (χ0) is 12.8. The predicted molar refractivity (Wildman–Crippen MR) is 64.7 cm³/mol. The van der Waals surface area contributed by atoms with Crippen molar-refractivity contribution in [2.24, 2.45) is 5.73 Å². The summed E-state index contributed by atoms with van der Waals surface area (Å²) in [4.78, 5) is 10.6. The van der Waals surface area contributed by atoms with Crippen molar-refractivity contribution < 1.29 is 14.3 Å². The van der Waals surface area contributed by atoms with Gasteiger partial charge in [0.15, 0.2) is 18.1 Å². The second-order valence-corrected chi connectivity index (χ2v) is 3.93. The Labute approximate surface area is 107 Å². The highest BCUT2D eigenvalue weighted by Crippen LogP contribution is 2.33. The van der Waals surface area contributed by atoms with Gasteiger partial charge in [0.1, 0.15) is 6.07 Å². The van der Waals surface area contributed by atoms with Gasteiger partial charge in [-0.25, -0.2) is 0 Å². The fraction of sp³-hybridized carbons (Fsp3) is 0.273. The van der Waals surface area contributed by atoms with Crippen molar-refractivity contribution in [2.75, 3.05) is 13.2 Å². The molecule has 0 unspecified atom stereocenters. The van der Waals surface area contributed by atoms with E-state index in [4.69, 9.17) is 20.5 Å². The molecule has 0 saturated carbocycles. The first-order valence-corrected chi connectivity index (χ1v) is 5.65. The van der Waals surface area contributed by atoms with Crippen molar-refractivity contribution in [1.82, 2.24) is 0 Å². The van der Waals surface area contributed by atoms with Crippen molar-refractivity contribution in [2.45, 2.75) is 6.92 Å². The lowest BCUT2D eigenvalue weighted by Gasteiger charge is -2.11. The molecule has 0 aliphatic rings. The Morgan fingerprint density at radius 3 is 2.65 bits per heavy atom. The zero-order valence-corrected chi connectivity index (χ0v) is 10.8. The summed E-state index contributed by atoms with van der Waals surface area (Å²) in [5.41, 5.74) is 5.42. The third-order valence-electron chi connectivity index (χ3n) is 1.82. The number of amides is 1. The van der Waals surface area contributed by atoms with Crippen molar-refractivity contribution >= 4 is 21.8 Å². The van der Waals surface area contributed by atoms with Crippen LogP contribution in [0.5, 0.6) is 11.5 Å². The van der Waals surface area contributed by atoms with Gasteiger partial charge in [-0.2, -0.15) is 5.26 Å². The summed E-state index contributed by atoms with van der Waals surface area (Å²) in [7, 11) is 0. The standard InChI is InChI=1S/C11H11BrN2O3/c1-2-16-9-3-7(5-13)8(12)4-10(9)17-6-11(14)15/h3-4H,2,6H2,1H3,(H2,14,15). The molecule has 1 rings (SSSR count). The lowest BCUT2D eigenvalue weighted by molar-refractivity contribution is -0.119. The van der Waals surface area contributed by atoms with E-state index in [0.29, 0.717) is 28.1 Å². The van der Waals surface area contributed by atoms with Gasteiger partial charge in [0, 0.05) is 10.5 Å². The lowest BCUT2D eigenvalue weighted by Crippen LogP contribution is -2.20. The number of nitriles is 1. The lowest BCUT2D eigenvalue weighted by atomic mass is 10.2. The monoisotopic (exact) mass is 298 g/mol. The van der Waals surface area contributed by atoms with Crippen molar-refractivity contribution in [3.8, 4) is 17.6 Å². The molecule has 0 heterocycles. The van der Waals surface area contributed by atoms with Crippen LogP contribution in [0.1, 0.15) is 12.5 Å². The van der Waals surface area contributed by atoms with E-state index in [2.05, 4.69) is 15.9 Å². The first kappa shape index (κ1) is 13.3. The normalized spacial score (nSPS) is 9.47. The van der Waals surface area contributed by atoms with Gasteiger partial charge in [-0.3, -0.25) is 4.79 Å². The minimum atomic E-state index is -0.576. The second kappa shape index (κ2) is 6.11. The molecule has 0 atom stereocenters.